The third-order valence-electron chi connectivity index (χ3n) is 3.25. The molecule has 1 aromatic carbocycles. The van der Waals surface area contributed by atoms with Gasteiger partial charge < -0.3 is 0 Å². The molecule has 0 N–H and O–H groups in total. The molecule has 0 spiro atoms. The Balaban J connectivity index is 2.11. The standard InChI is InChI=1S/C12H13Br2F3N2O2S/c13-9-1-2-10(14)11(7-9)22(20,21)19-5-3-18(4-6-19)8-12(15,16)17/h1-2,7H,3-6,8H2. The van der Waals surface area contributed by atoms with E-state index >= 15 is 0 Å². The van der Waals surface area contributed by atoms with Gasteiger partial charge in [0.1, 0.15) is 0 Å². The van der Waals surface area contributed by atoms with Crippen molar-refractivity contribution in [1.82, 2.24) is 9.21 Å². The lowest BCUT2D eigenvalue weighted by Gasteiger charge is -2.34. The normalized spacial score (nSPS) is 18.6. The van der Waals surface area contributed by atoms with Crippen molar-refractivity contribution < 1.29 is 21.6 Å². The highest BCUT2D eigenvalue weighted by Crippen LogP contribution is 2.29. The number of rotatable bonds is 3. The lowest BCUT2D eigenvalue weighted by molar-refractivity contribution is -0.148. The molecule has 1 aliphatic rings. The molecule has 0 aliphatic carbocycles. The van der Waals surface area contributed by atoms with Crippen molar-refractivity contribution in [1.29, 1.82) is 0 Å². The summed E-state index contributed by atoms with van der Waals surface area (Å²) in [6, 6.07) is 4.78. The maximum atomic E-state index is 12.6. The van der Waals surface area contributed by atoms with Gasteiger partial charge in [-0.1, -0.05) is 15.9 Å². The Morgan fingerprint density at radius 3 is 2.23 bits per heavy atom. The molecule has 4 nitrogen and oxygen atoms in total. The van der Waals surface area contributed by atoms with Crippen LogP contribution < -0.4 is 0 Å². The highest BCUT2D eigenvalue weighted by Gasteiger charge is 2.35. The van der Waals surface area contributed by atoms with E-state index < -0.39 is 22.7 Å². The molecule has 0 unspecified atom stereocenters. The van der Waals surface area contributed by atoms with Crippen LogP contribution in [0.15, 0.2) is 32.0 Å². The summed E-state index contributed by atoms with van der Waals surface area (Å²) in [7, 11) is -3.73. The van der Waals surface area contributed by atoms with Crippen molar-refractivity contribution >= 4 is 41.9 Å². The van der Waals surface area contributed by atoms with Gasteiger partial charge in [-0.25, -0.2) is 8.42 Å². The summed E-state index contributed by atoms with van der Waals surface area (Å²) in [5.74, 6) is 0. The number of hydrogen-bond donors (Lipinski definition) is 0. The molecule has 1 saturated heterocycles. The van der Waals surface area contributed by atoms with Gasteiger partial charge in [-0.15, -0.1) is 0 Å². The predicted octanol–water partition coefficient (Wildman–Crippen LogP) is 3.08. The average Bonchev–Trinajstić information content (AvgIpc) is 2.40. The summed E-state index contributed by atoms with van der Waals surface area (Å²) in [5.41, 5.74) is 0. The van der Waals surface area contributed by atoms with E-state index in [0.717, 1.165) is 0 Å². The van der Waals surface area contributed by atoms with E-state index in [2.05, 4.69) is 31.9 Å². The second-order valence-electron chi connectivity index (χ2n) is 4.87. The second kappa shape index (κ2) is 6.76. The molecule has 10 heteroatoms. The Bertz CT molecular complexity index is 644. The number of benzene rings is 1. The van der Waals surface area contributed by atoms with E-state index in [1.807, 2.05) is 0 Å². The second-order valence-corrected chi connectivity index (χ2v) is 8.55. The first-order valence-corrected chi connectivity index (χ1v) is 9.36. The fourth-order valence-corrected chi connectivity index (χ4v) is 5.08. The summed E-state index contributed by atoms with van der Waals surface area (Å²) in [4.78, 5) is 1.31. The number of hydrogen-bond acceptors (Lipinski definition) is 3. The van der Waals surface area contributed by atoms with Crippen molar-refractivity contribution in [2.75, 3.05) is 32.7 Å². The first-order chi connectivity index (χ1) is 10.1. The molecule has 0 saturated carbocycles. The molecule has 1 aromatic rings. The fraction of sp³-hybridized carbons (Fsp3) is 0.500. The van der Waals surface area contributed by atoms with Crippen LogP contribution in [0.3, 0.4) is 0 Å². The Hall–Kier alpha value is -0.160. The summed E-state index contributed by atoms with van der Waals surface area (Å²) < 4.78 is 64.5. The van der Waals surface area contributed by atoms with Gasteiger partial charge >= 0.3 is 6.18 Å². The van der Waals surface area contributed by atoms with Crippen LogP contribution in [0.1, 0.15) is 0 Å². The minimum absolute atomic E-state index is 0.0391. The monoisotopic (exact) mass is 464 g/mol. The Morgan fingerprint density at radius 1 is 1.09 bits per heavy atom. The minimum atomic E-state index is -4.27. The topological polar surface area (TPSA) is 40.6 Å². The molecule has 0 aromatic heterocycles. The van der Waals surface area contributed by atoms with Crippen LogP contribution in [0.2, 0.25) is 0 Å². The lowest BCUT2D eigenvalue weighted by Crippen LogP contribution is -2.50. The Labute approximate surface area is 143 Å². The molecule has 1 fully saturated rings. The van der Waals surface area contributed by atoms with Crippen LogP contribution in [0, 0.1) is 0 Å². The number of nitrogens with zero attached hydrogens (tertiary/aromatic N) is 2. The van der Waals surface area contributed by atoms with Crippen molar-refractivity contribution in [3.8, 4) is 0 Å². The van der Waals surface area contributed by atoms with Crippen LogP contribution in [-0.2, 0) is 10.0 Å². The third kappa shape index (κ3) is 4.44. The molecule has 2 rings (SSSR count). The maximum Gasteiger partial charge on any atom is 0.401 e. The number of halogens is 5. The quantitative estimate of drug-likeness (QED) is 0.688. The molecule has 124 valence electrons. The number of piperazine rings is 1. The van der Waals surface area contributed by atoms with Crippen molar-refractivity contribution in [3.05, 3.63) is 27.1 Å². The zero-order valence-electron chi connectivity index (χ0n) is 11.3. The van der Waals surface area contributed by atoms with Crippen molar-refractivity contribution in [2.24, 2.45) is 0 Å². The van der Waals surface area contributed by atoms with Crippen LogP contribution >= 0.6 is 31.9 Å². The highest BCUT2D eigenvalue weighted by molar-refractivity contribution is 9.11. The fourth-order valence-electron chi connectivity index (χ4n) is 2.20. The minimum Gasteiger partial charge on any atom is -0.292 e. The summed E-state index contributed by atoms with van der Waals surface area (Å²) in [6.45, 7) is -0.815. The van der Waals surface area contributed by atoms with Gasteiger partial charge in [0.25, 0.3) is 0 Å². The third-order valence-corrected chi connectivity index (χ3v) is 6.63. The zero-order valence-corrected chi connectivity index (χ0v) is 15.3. The number of alkyl halides is 3. The Morgan fingerprint density at radius 2 is 1.68 bits per heavy atom. The summed E-state index contributed by atoms with van der Waals surface area (Å²) in [6.07, 6.45) is -4.27. The first kappa shape index (κ1) is 18.2. The van der Waals surface area contributed by atoms with E-state index in [1.54, 1.807) is 12.1 Å². The van der Waals surface area contributed by atoms with Crippen LogP contribution in [-0.4, -0.2) is 56.5 Å². The smallest absolute Gasteiger partial charge is 0.292 e. The molecule has 0 amide bonds. The van der Waals surface area contributed by atoms with Crippen molar-refractivity contribution in [3.63, 3.8) is 0 Å². The molecule has 0 bridgehead atoms. The highest BCUT2D eigenvalue weighted by atomic mass is 79.9. The molecular formula is C12H13Br2F3N2O2S. The van der Waals surface area contributed by atoms with Crippen LogP contribution in [0.5, 0.6) is 0 Å². The van der Waals surface area contributed by atoms with E-state index in [1.165, 1.54) is 15.3 Å². The maximum absolute atomic E-state index is 12.6. The van der Waals surface area contributed by atoms with E-state index in [0.29, 0.717) is 8.95 Å². The lowest BCUT2D eigenvalue weighted by atomic mass is 10.3. The Kier molecular flexibility index (Phi) is 5.59. The largest absolute Gasteiger partial charge is 0.401 e. The van der Waals surface area contributed by atoms with E-state index in [9.17, 15) is 21.6 Å². The SMILES string of the molecule is O=S(=O)(c1cc(Br)ccc1Br)N1CCN(CC(F)(F)F)CC1. The molecule has 22 heavy (non-hydrogen) atoms. The summed E-state index contributed by atoms with van der Waals surface area (Å²) >= 11 is 6.42. The predicted molar refractivity (Wildman–Crippen MR) is 83.1 cm³/mol. The first-order valence-electron chi connectivity index (χ1n) is 6.34. The van der Waals surface area contributed by atoms with Crippen LogP contribution in [0.25, 0.3) is 0 Å². The van der Waals surface area contributed by atoms with Crippen molar-refractivity contribution in [2.45, 2.75) is 11.1 Å². The van der Waals surface area contributed by atoms with Gasteiger partial charge in [0.2, 0.25) is 10.0 Å². The molecule has 1 heterocycles. The zero-order chi connectivity index (χ0) is 16.5. The molecule has 1 aliphatic heterocycles. The number of sulfonamides is 1. The van der Waals surface area contributed by atoms with Gasteiger partial charge in [-0.3, -0.25) is 4.90 Å². The molecule has 0 radical (unpaired) electrons. The van der Waals surface area contributed by atoms with E-state index in [4.69, 9.17) is 0 Å². The van der Waals surface area contributed by atoms with Crippen LogP contribution in [0.4, 0.5) is 13.2 Å². The molecular weight excluding hydrogens is 453 g/mol. The molecule has 0 atom stereocenters. The van der Waals surface area contributed by atoms with E-state index in [-0.39, 0.29) is 31.1 Å². The van der Waals surface area contributed by atoms with Gasteiger partial charge in [0.15, 0.2) is 0 Å². The van der Waals surface area contributed by atoms with Gasteiger partial charge in [0.05, 0.1) is 11.4 Å². The summed E-state index contributed by atoms with van der Waals surface area (Å²) in [5, 5.41) is 0. The van der Waals surface area contributed by atoms with Gasteiger partial charge in [0, 0.05) is 35.1 Å². The van der Waals surface area contributed by atoms with Gasteiger partial charge in [-0.05, 0) is 34.1 Å². The average molecular weight is 466 g/mol. The van der Waals surface area contributed by atoms with Gasteiger partial charge in [-0.2, -0.15) is 17.5 Å².